The Hall–Kier alpha value is -2.78. The number of aromatic nitrogens is 2. The zero-order valence-corrected chi connectivity index (χ0v) is 12.8. The van der Waals surface area contributed by atoms with Crippen molar-refractivity contribution in [2.45, 2.75) is 19.1 Å². The van der Waals surface area contributed by atoms with Crippen molar-refractivity contribution < 1.29 is 27.2 Å². The summed E-state index contributed by atoms with van der Waals surface area (Å²) in [6.45, 7) is 0.0995. The first kappa shape index (κ1) is 17.6. The summed E-state index contributed by atoms with van der Waals surface area (Å²) in [5.41, 5.74) is 0.475. The monoisotopic (exact) mass is 344 g/mol. The number of methoxy groups -OCH3 is 1. The number of rotatable bonds is 5. The van der Waals surface area contributed by atoms with Crippen LogP contribution in [0.4, 0.5) is 18.0 Å². The van der Waals surface area contributed by atoms with Crippen LogP contribution in [0.3, 0.4) is 0 Å². The van der Waals surface area contributed by atoms with Crippen LogP contribution in [0.1, 0.15) is 23.3 Å². The van der Waals surface area contributed by atoms with E-state index in [0.29, 0.717) is 11.3 Å². The Kier molecular flexibility index (Phi) is 5.27. The van der Waals surface area contributed by atoms with Gasteiger partial charge in [0.25, 0.3) is 0 Å². The second-order valence-corrected chi connectivity index (χ2v) is 4.79. The Morgan fingerprint density at radius 3 is 2.67 bits per heavy atom. The Bertz CT molecular complexity index is 703. The van der Waals surface area contributed by atoms with Crippen molar-refractivity contribution in [2.24, 2.45) is 0 Å². The summed E-state index contributed by atoms with van der Waals surface area (Å²) < 4.78 is 46.8. The van der Waals surface area contributed by atoms with Gasteiger partial charge in [-0.3, -0.25) is 0 Å². The molecule has 1 aromatic carbocycles. The standard InChI is InChI=1S/C14H15F3N4O3/c1-8-19-12(21-24-8)11(9-5-3-4-6-10(9)23-2)20-13(22)18-7-14(15,16)17/h3-6,11H,7H2,1-2H3,(H2,18,20,22). The predicted octanol–water partition coefficient (Wildman–Crippen LogP) is 2.34. The lowest BCUT2D eigenvalue weighted by atomic mass is 10.1. The summed E-state index contributed by atoms with van der Waals surface area (Å²) in [5.74, 6) is 0.766. The first-order valence-corrected chi connectivity index (χ1v) is 6.84. The molecule has 2 rings (SSSR count). The van der Waals surface area contributed by atoms with E-state index in [1.807, 2.05) is 0 Å². The van der Waals surface area contributed by atoms with Gasteiger partial charge in [-0.1, -0.05) is 23.4 Å². The van der Waals surface area contributed by atoms with Crippen LogP contribution in [0, 0.1) is 6.92 Å². The number of amides is 2. The fraction of sp³-hybridized carbons (Fsp3) is 0.357. The van der Waals surface area contributed by atoms with Gasteiger partial charge in [-0.15, -0.1) is 0 Å². The van der Waals surface area contributed by atoms with Crippen molar-refractivity contribution in [3.8, 4) is 5.75 Å². The molecule has 0 saturated heterocycles. The van der Waals surface area contributed by atoms with Gasteiger partial charge in [-0.2, -0.15) is 18.2 Å². The van der Waals surface area contributed by atoms with Gasteiger partial charge in [-0.05, 0) is 6.07 Å². The molecule has 130 valence electrons. The topological polar surface area (TPSA) is 89.3 Å². The molecule has 10 heteroatoms. The van der Waals surface area contributed by atoms with Crippen LogP contribution in [0.15, 0.2) is 28.8 Å². The molecule has 2 N–H and O–H groups in total. The van der Waals surface area contributed by atoms with Gasteiger partial charge in [0.1, 0.15) is 18.3 Å². The van der Waals surface area contributed by atoms with Crippen LogP contribution < -0.4 is 15.4 Å². The van der Waals surface area contributed by atoms with Crippen molar-refractivity contribution in [2.75, 3.05) is 13.7 Å². The summed E-state index contributed by atoms with van der Waals surface area (Å²) in [5, 5.41) is 7.85. The summed E-state index contributed by atoms with van der Waals surface area (Å²) in [4.78, 5) is 15.8. The number of alkyl halides is 3. The van der Waals surface area contributed by atoms with Crippen LogP contribution in [-0.2, 0) is 0 Å². The van der Waals surface area contributed by atoms with E-state index >= 15 is 0 Å². The van der Waals surface area contributed by atoms with Gasteiger partial charge in [0.15, 0.2) is 5.82 Å². The van der Waals surface area contributed by atoms with Gasteiger partial charge in [0.2, 0.25) is 5.89 Å². The summed E-state index contributed by atoms with van der Waals surface area (Å²) in [6.07, 6.45) is -4.51. The number of carbonyl (C=O) groups is 1. The normalized spacial score (nSPS) is 12.5. The summed E-state index contributed by atoms with van der Waals surface area (Å²) >= 11 is 0. The minimum atomic E-state index is -4.51. The number of benzene rings is 1. The third kappa shape index (κ3) is 4.61. The van der Waals surface area contributed by atoms with E-state index in [4.69, 9.17) is 9.26 Å². The molecule has 0 radical (unpaired) electrons. The van der Waals surface area contributed by atoms with Gasteiger partial charge in [0, 0.05) is 12.5 Å². The highest BCUT2D eigenvalue weighted by Crippen LogP contribution is 2.28. The number of ether oxygens (including phenoxy) is 1. The number of nitrogens with zero attached hydrogens (tertiary/aromatic N) is 2. The molecule has 1 atom stereocenters. The van der Waals surface area contributed by atoms with Crippen molar-refractivity contribution in [3.05, 3.63) is 41.5 Å². The molecule has 1 heterocycles. The van der Waals surface area contributed by atoms with Crippen molar-refractivity contribution in [1.82, 2.24) is 20.8 Å². The molecule has 24 heavy (non-hydrogen) atoms. The second kappa shape index (κ2) is 7.20. The summed E-state index contributed by atoms with van der Waals surface area (Å²) in [7, 11) is 1.43. The van der Waals surface area contributed by atoms with E-state index in [1.54, 1.807) is 36.5 Å². The average molecular weight is 344 g/mol. The molecule has 1 unspecified atom stereocenters. The van der Waals surface area contributed by atoms with Crippen LogP contribution in [-0.4, -0.2) is 36.0 Å². The molecular formula is C14H15F3N4O3. The van der Waals surface area contributed by atoms with Crippen LogP contribution >= 0.6 is 0 Å². The molecule has 2 aromatic rings. The number of hydrogen-bond donors (Lipinski definition) is 2. The number of urea groups is 1. The predicted molar refractivity (Wildman–Crippen MR) is 76.5 cm³/mol. The van der Waals surface area contributed by atoms with Crippen molar-refractivity contribution in [1.29, 1.82) is 0 Å². The third-order valence-electron chi connectivity index (χ3n) is 2.98. The van der Waals surface area contributed by atoms with Gasteiger partial charge in [-0.25, -0.2) is 4.79 Å². The van der Waals surface area contributed by atoms with Crippen LogP contribution in [0.25, 0.3) is 0 Å². The van der Waals surface area contributed by atoms with E-state index in [0.717, 1.165) is 0 Å². The highest BCUT2D eigenvalue weighted by atomic mass is 19.4. The first-order chi connectivity index (χ1) is 11.3. The minimum Gasteiger partial charge on any atom is -0.496 e. The third-order valence-corrected chi connectivity index (χ3v) is 2.98. The molecule has 0 aliphatic heterocycles. The zero-order valence-electron chi connectivity index (χ0n) is 12.8. The molecule has 0 spiro atoms. The van der Waals surface area contributed by atoms with Crippen LogP contribution in [0.2, 0.25) is 0 Å². The number of aryl methyl sites for hydroxylation is 1. The molecule has 0 bridgehead atoms. The largest absolute Gasteiger partial charge is 0.496 e. The Balaban J connectivity index is 2.26. The number of hydrogen-bond acceptors (Lipinski definition) is 5. The fourth-order valence-electron chi connectivity index (χ4n) is 1.98. The zero-order chi connectivity index (χ0) is 17.7. The van der Waals surface area contributed by atoms with E-state index in [-0.39, 0.29) is 11.7 Å². The Morgan fingerprint density at radius 2 is 2.08 bits per heavy atom. The molecular weight excluding hydrogens is 329 g/mol. The molecule has 0 fully saturated rings. The van der Waals surface area contributed by atoms with Crippen molar-refractivity contribution in [3.63, 3.8) is 0 Å². The van der Waals surface area contributed by atoms with Gasteiger partial charge < -0.3 is 19.9 Å². The van der Waals surface area contributed by atoms with E-state index in [9.17, 15) is 18.0 Å². The summed E-state index contributed by atoms with van der Waals surface area (Å²) in [6, 6.07) is 4.72. The van der Waals surface area contributed by atoms with Gasteiger partial charge in [0.05, 0.1) is 7.11 Å². The van der Waals surface area contributed by atoms with Gasteiger partial charge >= 0.3 is 12.2 Å². The Morgan fingerprint density at radius 1 is 1.38 bits per heavy atom. The van der Waals surface area contributed by atoms with E-state index in [2.05, 4.69) is 15.5 Å². The maximum absolute atomic E-state index is 12.2. The lowest BCUT2D eigenvalue weighted by molar-refractivity contribution is -0.122. The lowest BCUT2D eigenvalue weighted by Gasteiger charge is -2.19. The molecule has 2 amide bonds. The molecule has 7 nitrogen and oxygen atoms in total. The smallest absolute Gasteiger partial charge is 0.405 e. The molecule has 0 aliphatic carbocycles. The first-order valence-electron chi connectivity index (χ1n) is 6.84. The molecule has 0 saturated carbocycles. The number of carbonyl (C=O) groups excluding carboxylic acids is 1. The van der Waals surface area contributed by atoms with E-state index in [1.165, 1.54) is 7.11 Å². The number of para-hydroxylation sites is 1. The van der Waals surface area contributed by atoms with Crippen LogP contribution in [0.5, 0.6) is 5.75 Å². The number of nitrogens with one attached hydrogen (secondary N) is 2. The Labute approximate surface area is 135 Å². The minimum absolute atomic E-state index is 0.0964. The SMILES string of the molecule is COc1ccccc1C(NC(=O)NCC(F)(F)F)c1noc(C)n1. The maximum Gasteiger partial charge on any atom is 0.405 e. The lowest BCUT2D eigenvalue weighted by Crippen LogP contribution is -2.42. The fourth-order valence-corrected chi connectivity index (χ4v) is 1.98. The second-order valence-electron chi connectivity index (χ2n) is 4.79. The number of halogens is 3. The molecule has 1 aromatic heterocycles. The quantitative estimate of drug-likeness (QED) is 0.869. The average Bonchev–Trinajstić information content (AvgIpc) is 2.96. The maximum atomic E-state index is 12.2. The van der Waals surface area contributed by atoms with E-state index < -0.39 is 24.8 Å². The highest BCUT2D eigenvalue weighted by Gasteiger charge is 2.29. The molecule has 0 aliphatic rings. The highest BCUT2D eigenvalue weighted by molar-refractivity contribution is 5.75. The van der Waals surface area contributed by atoms with Crippen molar-refractivity contribution >= 4 is 6.03 Å².